The number of carbonyl (C=O) groups is 1. The van der Waals surface area contributed by atoms with Gasteiger partial charge in [-0.25, -0.2) is 0 Å². The van der Waals surface area contributed by atoms with E-state index < -0.39 is 4.92 Å². The number of hydrogen-bond donors (Lipinski definition) is 0. The van der Waals surface area contributed by atoms with E-state index in [0.717, 1.165) is 23.1 Å². The van der Waals surface area contributed by atoms with Crippen LogP contribution in [0.5, 0.6) is 0 Å². The van der Waals surface area contributed by atoms with Crippen LogP contribution in [-0.4, -0.2) is 39.3 Å². The topological polar surface area (TPSA) is 75.8 Å². The average Bonchev–Trinajstić information content (AvgIpc) is 3.11. The summed E-state index contributed by atoms with van der Waals surface area (Å²) >= 11 is 3.21. The molecule has 0 N–H and O–H groups in total. The summed E-state index contributed by atoms with van der Waals surface area (Å²) in [5.41, 5.74) is 0.602. The highest BCUT2D eigenvalue weighted by molar-refractivity contribution is 8.39. The fraction of sp³-hybridized carbons (Fsp3) is 0.385. The van der Waals surface area contributed by atoms with Gasteiger partial charge in [-0.15, -0.1) is 0 Å². The van der Waals surface area contributed by atoms with E-state index >= 15 is 0 Å². The molecule has 0 aromatic heterocycles. The number of nitrogens with zero attached hydrogens (tertiary/aromatic N) is 3. The molecule has 3 rings (SSSR count). The molecule has 1 fully saturated rings. The molecule has 1 saturated heterocycles. The first-order chi connectivity index (χ1) is 10.1. The zero-order valence-electron chi connectivity index (χ0n) is 11.1. The molecule has 0 unspecified atom stereocenters. The minimum Gasteiger partial charge on any atom is -0.311 e. The van der Waals surface area contributed by atoms with Gasteiger partial charge in [-0.05, 0) is 12.5 Å². The molecule has 0 aliphatic carbocycles. The summed E-state index contributed by atoms with van der Waals surface area (Å²) < 4.78 is 0.981. The molecule has 1 amide bonds. The Labute approximate surface area is 130 Å². The molecule has 1 aromatic rings. The molecule has 1 aromatic carbocycles. The number of amides is 1. The largest absolute Gasteiger partial charge is 0.311 e. The van der Waals surface area contributed by atoms with Crippen molar-refractivity contribution < 1.29 is 9.72 Å². The first kappa shape index (κ1) is 14.4. The van der Waals surface area contributed by atoms with Gasteiger partial charge in [0.2, 0.25) is 5.91 Å². The van der Waals surface area contributed by atoms with Crippen molar-refractivity contribution in [3.63, 3.8) is 0 Å². The Balaban J connectivity index is 1.74. The lowest BCUT2D eigenvalue weighted by molar-refractivity contribution is -0.384. The standard InChI is InChI=1S/C13H13N3O3S2/c17-12-11(21-13-14-5-7-20-13)4-6-15(12)9-2-1-3-10(8-9)16(18)19/h1-3,8,11H,4-7H2/t11-/m0/s1. The van der Waals surface area contributed by atoms with E-state index in [-0.39, 0.29) is 16.8 Å². The number of carbonyl (C=O) groups excluding carboxylic acids is 1. The molecule has 0 saturated carbocycles. The zero-order chi connectivity index (χ0) is 14.8. The lowest BCUT2D eigenvalue weighted by Crippen LogP contribution is -2.28. The SMILES string of the molecule is O=C1[C@@H](SC2=NCCS2)CCN1c1cccc([N+](=O)[O-])c1. The van der Waals surface area contributed by atoms with Crippen LogP contribution in [0.15, 0.2) is 29.3 Å². The van der Waals surface area contributed by atoms with E-state index in [2.05, 4.69) is 4.99 Å². The number of non-ortho nitro benzene ring substituents is 1. The fourth-order valence-electron chi connectivity index (χ4n) is 2.30. The maximum Gasteiger partial charge on any atom is 0.271 e. The number of anilines is 1. The van der Waals surface area contributed by atoms with Gasteiger partial charge in [-0.3, -0.25) is 19.9 Å². The quantitative estimate of drug-likeness (QED) is 0.631. The molecular weight excluding hydrogens is 310 g/mol. The Morgan fingerprint density at radius 3 is 3.05 bits per heavy atom. The van der Waals surface area contributed by atoms with Gasteiger partial charge in [0.25, 0.3) is 5.69 Å². The molecular formula is C13H13N3O3S2. The smallest absolute Gasteiger partial charge is 0.271 e. The Hall–Kier alpha value is -1.54. The van der Waals surface area contributed by atoms with Crippen LogP contribution >= 0.6 is 23.5 Å². The van der Waals surface area contributed by atoms with E-state index in [1.54, 1.807) is 28.8 Å². The Kier molecular flexibility index (Phi) is 4.16. The molecule has 1 atom stereocenters. The van der Waals surface area contributed by atoms with Crippen LogP contribution in [0.2, 0.25) is 0 Å². The summed E-state index contributed by atoms with van der Waals surface area (Å²) in [7, 11) is 0. The summed E-state index contributed by atoms with van der Waals surface area (Å²) in [4.78, 5) is 28.8. The predicted octanol–water partition coefficient (Wildman–Crippen LogP) is 2.54. The molecule has 2 aliphatic rings. The summed E-state index contributed by atoms with van der Waals surface area (Å²) in [5.74, 6) is 0.994. The number of rotatable bonds is 3. The third kappa shape index (κ3) is 3.06. The van der Waals surface area contributed by atoms with E-state index in [1.807, 2.05) is 0 Å². The van der Waals surface area contributed by atoms with E-state index in [9.17, 15) is 14.9 Å². The first-order valence-electron chi connectivity index (χ1n) is 6.55. The van der Waals surface area contributed by atoms with E-state index in [4.69, 9.17) is 0 Å². The summed E-state index contributed by atoms with van der Waals surface area (Å²) in [5, 5.41) is 10.7. The van der Waals surface area contributed by atoms with Crippen molar-refractivity contribution in [3.8, 4) is 0 Å². The molecule has 0 spiro atoms. The zero-order valence-corrected chi connectivity index (χ0v) is 12.7. The van der Waals surface area contributed by atoms with Gasteiger partial charge in [-0.1, -0.05) is 29.6 Å². The highest BCUT2D eigenvalue weighted by Gasteiger charge is 2.35. The molecule has 6 nitrogen and oxygen atoms in total. The lowest BCUT2D eigenvalue weighted by atomic mass is 10.2. The number of thioether (sulfide) groups is 2. The number of nitro groups is 1. The predicted molar refractivity (Wildman–Crippen MR) is 86.2 cm³/mol. The van der Waals surface area contributed by atoms with Crippen LogP contribution in [0, 0.1) is 10.1 Å². The van der Waals surface area contributed by atoms with Crippen molar-refractivity contribution in [2.45, 2.75) is 11.7 Å². The number of aliphatic imine (C=N–C) groups is 1. The van der Waals surface area contributed by atoms with Gasteiger partial charge >= 0.3 is 0 Å². The highest BCUT2D eigenvalue weighted by atomic mass is 32.2. The fourth-order valence-corrected chi connectivity index (χ4v) is 4.57. The molecule has 0 radical (unpaired) electrons. The minimum atomic E-state index is -0.444. The van der Waals surface area contributed by atoms with Crippen molar-refractivity contribution >= 4 is 45.2 Å². The van der Waals surface area contributed by atoms with Crippen LogP contribution in [0.1, 0.15) is 6.42 Å². The second-order valence-electron chi connectivity index (χ2n) is 4.66. The number of benzene rings is 1. The Bertz CT molecular complexity index is 620. The van der Waals surface area contributed by atoms with Crippen molar-refractivity contribution in [2.24, 2.45) is 4.99 Å². The lowest BCUT2D eigenvalue weighted by Gasteiger charge is -2.16. The van der Waals surface area contributed by atoms with Crippen LogP contribution < -0.4 is 4.90 Å². The monoisotopic (exact) mass is 323 g/mol. The van der Waals surface area contributed by atoms with Gasteiger partial charge in [0.15, 0.2) is 0 Å². The molecule has 8 heteroatoms. The van der Waals surface area contributed by atoms with Gasteiger partial charge in [0, 0.05) is 24.4 Å². The second-order valence-corrected chi connectivity index (χ2v) is 7.19. The third-order valence-corrected chi connectivity index (χ3v) is 5.77. The summed E-state index contributed by atoms with van der Waals surface area (Å²) in [6.07, 6.45) is 0.742. The summed E-state index contributed by atoms with van der Waals surface area (Å²) in [6, 6.07) is 6.23. The van der Waals surface area contributed by atoms with Gasteiger partial charge in [-0.2, -0.15) is 0 Å². The molecule has 21 heavy (non-hydrogen) atoms. The van der Waals surface area contributed by atoms with Crippen LogP contribution in [0.3, 0.4) is 0 Å². The molecule has 110 valence electrons. The third-order valence-electron chi connectivity index (χ3n) is 3.31. The van der Waals surface area contributed by atoms with Crippen molar-refractivity contribution in [1.29, 1.82) is 0 Å². The van der Waals surface area contributed by atoms with Gasteiger partial charge < -0.3 is 4.90 Å². The Morgan fingerprint density at radius 1 is 1.48 bits per heavy atom. The average molecular weight is 323 g/mol. The van der Waals surface area contributed by atoms with Crippen molar-refractivity contribution in [1.82, 2.24) is 0 Å². The molecule has 0 bridgehead atoms. The van der Waals surface area contributed by atoms with Crippen LogP contribution in [-0.2, 0) is 4.79 Å². The first-order valence-corrected chi connectivity index (χ1v) is 8.41. The maximum absolute atomic E-state index is 12.4. The number of nitro benzene ring substituents is 1. The Morgan fingerprint density at radius 2 is 2.33 bits per heavy atom. The van der Waals surface area contributed by atoms with Crippen molar-refractivity contribution in [2.75, 3.05) is 23.7 Å². The van der Waals surface area contributed by atoms with Gasteiger partial charge in [0.1, 0.15) is 4.38 Å². The van der Waals surface area contributed by atoms with Crippen LogP contribution in [0.4, 0.5) is 11.4 Å². The summed E-state index contributed by atoms with van der Waals surface area (Å²) in [6.45, 7) is 1.41. The highest BCUT2D eigenvalue weighted by Crippen LogP contribution is 2.34. The maximum atomic E-state index is 12.4. The number of hydrogen-bond acceptors (Lipinski definition) is 6. The second kappa shape index (κ2) is 6.07. The van der Waals surface area contributed by atoms with Gasteiger partial charge in [0.05, 0.1) is 22.4 Å². The van der Waals surface area contributed by atoms with E-state index in [0.29, 0.717) is 12.2 Å². The minimum absolute atomic E-state index is 0.00660. The van der Waals surface area contributed by atoms with Crippen molar-refractivity contribution in [3.05, 3.63) is 34.4 Å². The van der Waals surface area contributed by atoms with E-state index in [1.165, 1.54) is 23.9 Å². The molecule has 2 heterocycles. The molecule has 2 aliphatic heterocycles. The normalized spacial score (nSPS) is 21.7. The van der Waals surface area contributed by atoms with Crippen LogP contribution in [0.25, 0.3) is 0 Å².